The van der Waals surface area contributed by atoms with Crippen molar-refractivity contribution in [2.75, 3.05) is 5.32 Å². The third-order valence-corrected chi connectivity index (χ3v) is 6.12. The van der Waals surface area contributed by atoms with Gasteiger partial charge in [0.2, 0.25) is 0 Å². The lowest BCUT2D eigenvalue weighted by Gasteiger charge is -2.23. The minimum absolute atomic E-state index is 0.0280. The summed E-state index contributed by atoms with van der Waals surface area (Å²) in [5, 5.41) is 3.54. The standard InChI is InChI=1S/C28H25N/c1-19-9-11-20(12-10-19)21-13-15-24-25-16-14-23(29-22-7-5-4-6-8-22)18-27(25)28(2,3)26(24)17-21/h4-18,29H,1-3H3. The molecule has 5 rings (SSSR count). The Hall–Kier alpha value is -3.32. The molecule has 0 amide bonds. The van der Waals surface area contributed by atoms with Crippen LogP contribution in [0.15, 0.2) is 91.0 Å². The molecule has 0 spiro atoms. The van der Waals surface area contributed by atoms with Gasteiger partial charge in [0.05, 0.1) is 0 Å². The van der Waals surface area contributed by atoms with Crippen molar-refractivity contribution in [3.05, 3.63) is 108 Å². The number of rotatable bonds is 3. The second-order valence-electron chi connectivity index (χ2n) is 8.50. The van der Waals surface area contributed by atoms with E-state index in [2.05, 4.69) is 111 Å². The fraction of sp³-hybridized carbons (Fsp3) is 0.143. The van der Waals surface area contributed by atoms with Crippen LogP contribution in [0.2, 0.25) is 0 Å². The van der Waals surface area contributed by atoms with Crippen LogP contribution in [0.25, 0.3) is 22.3 Å². The lowest BCUT2D eigenvalue weighted by atomic mass is 9.81. The molecule has 1 aliphatic carbocycles. The Kier molecular flexibility index (Phi) is 4.06. The van der Waals surface area contributed by atoms with E-state index in [9.17, 15) is 0 Å². The highest BCUT2D eigenvalue weighted by molar-refractivity contribution is 5.85. The summed E-state index contributed by atoms with van der Waals surface area (Å²) in [5.74, 6) is 0. The summed E-state index contributed by atoms with van der Waals surface area (Å²) in [4.78, 5) is 0. The molecule has 1 N–H and O–H groups in total. The first-order valence-electron chi connectivity index (χ1n) is 10.2. The topological polar surface area (TPSA) is 12.0 Å². The minimum Gasteiger partial charge on any atom is -0.356 e. The molecule has 0 fully saturated rings. The second kappa shape index (κ2) is 6.63. The molecule has 0 bridgehead atoms. The third-order valence-electron chi connectivity index (χ3n) is 6.12. The lowest BCUT2D eigenvalue weighted by Crippen LogP contribution is -2.15. The lowest BCUT2D eigenvalue weighted by molar-refractivity contribution is 0.661. The van der Waals surface area contributed by atoms with Crippen molar-refractivity contribution < 1.29 is 0 Å². The van der Waals surface area contributed by atoms with Gasteiger partial charge in [0, 0.05) is 16.8 Å². The van der Waals surface area contributed by atoms with Gasteiger partial charge in [-0.25, -0.2) is 0 Å². The van der Waals surface area contributed by atoms with Crippen LogP contribution in [-0.4, -0.2) is 0 Å². The van der Waals surface area contributed by atoms with E-state index in [1.54, 1.807) is 0 Å². The molecule has 29 heavy (non-hydrogen) atoms. The van der Waals surface area contributed by atoms with Gasteiger partial charge >= 0.3 is 0 Å². The smallest absolute Gasteiger partial charge is 0.0387 e. The zero-order valence-corrected chi connectivity index (χ0v) is 17.2. The third kappa shape index (κ3) is 3.03. The molecule has 0 unspecified atom stereocenters. The van der Waals surface area contributed by atoms with Crippen molar-refractivity contribution in [1.29, 1.82) is 0 Å². The largest absolute Gasteiger partial charge is 0.356 e. The first-order chi connectivity index (χ1) is 14.0. The van der Waals surface area contributed by atoms with E-state index in [1.165, 1.54) is 38.9 Å². The number of para-hydroxylation sites is 1. The normalized spacial score (nSPS) is 13.6. The number of fused-ring (bicyclic) bond motifs is 3. The highest BCUT2D eigenvalue weighted by atomic mass is 14.9. The van der Waals surface area contributed by atoms with Gasteiger partial charge in [0.15, 0.2) is 0 Å². The minimum atomic E-state index is -0.0280. The summed E-state index contributed by atoms with van der Waals surface area (Å²) >= 11 is 0. The first kappa shape index (κ1) is 17.8. The predicted molar refractivity (Wildman–Crippen MR) is 124 cm³/mol. The number of benzene rings is 4. The highest BCUT2D eigenvalue weighted by Gasteiger charge is 2.35. The van der Waals surface area contributed by atoms with Gasteiger partial charge in [0.1, 0.15) is 0 Å². The van der Waals surface area contributed by atoms with Gasteiger partial charge in [-0.3, -0.25) is 0 Å². The van der Waals surface area contributed by atoms with E-state index in [0.29, 0.717) is 0 Å². The van der Waals surface area contributed by atoms with E-state index in [0.717, 1.165) is 11.4 Å². The summed E-state index contributed by atoms with van der Waals surface area (Å²) in [5.41, 5.74) is 11.6. The molecule has 0 aromatic heterocycles. The molecule has 142 valence electrons. The van der Waals surface area contributed by atoms with E-state index in [1.807, 2.05) is 6.07 Å². The molecule has 4 aromatic carbocycles. The Labute approximate surface area is 173 Å². The molecule has 1 aliphatic rings. The van der Waals surface area contributed by atoms with E-state index < -0.39 is 0 Å². The van der Waals surface area contributed by atoms with Crippen molar-refractivity contribution >= 4 is 11.4 Å². The zero-order chi connectivity index (χ0) is 20.0. The summed E-state index contributed by atoms with van der Waals surface area (Å²) in [6.45, 7) is 6.80. The number of nitrogens with one attached hydrogen (secondary N) is 1. The molecule has 0 heterocycles. The molecular weight excluding hydrogens is 350 g/mol. The van der Waals surface area contributed by atoms with Gasteiger partial charge in [0.25, 0.3) is 0 Å². The Bertz CT molecular complexity index is 1180. The molecule has 4 aromatic rings. The highest BCUT2D eigenvalue weighted by Crippen LogP contribution is 2.50. The summed E-state index contributed by atoms with van der Waals surface area (Å²) in [7, 11) is 0. The SMILES string of the molecule is Cc1ccc(-c2ccc3c(c2)C(C)(C)c2cc(Nc4ccccc4)ccc2-3)cc1. The van der Waals surface area contributed by atoms with Gasteiger partial charge in [-0.15, -0.1) is 0 Å². The van der Waals surface area contributed by atoms with Crippen LogP contribution in [0, 0.1) is 6.92 Å². The van der Waals surface area contributed by atoms with Crippen LogP contribution in [0.1, 0.15) is 30.5 Å². The number of hydrogen-bond donors (Lipinski definition) is 1. The van der Waals surface area contributed by atoms with Gasteiger partial charge in [-0.2, -0.15) is 0 Å². The van der Waals surface area contributed by atoms with Gasteiger partial charge in [-0.1, -0.05) is 80.1 Å². The maximum Gasteiger partial charge on any atom is 0.0387 e. The van der Waals surface area contributed by atoms with E-state index in [-0.39, 0.29) is 5.41 Å². The van der Waals surface area contributed by atoms with Crippen LogP contribution in [0.5, 0.6) is 0 Å². The molecule has 1 nitrogen and oxygen atoms in total. The van der Waals surface area contributed by atoms with Crippen LogP contribution < -0.4 is 5.32 Å². The number of anilines is 2. The average Bonchev–Trinajstić information content (AvgIpc) is 2.96. The van der Waals surface area contributed by atoms with Crippen LogP contribution >= 0.6 is 0 Å². The van der Waals surface area contributed by atoms with Crippen LogP contribution in [0.3, 0.4) is 0 Å². The molecular formula is C28H25N. The number of hydrogen-bond acceptors (Lipinski definition) is 1. The maximum atomic E-state index is 3.54. The molecule has 0 aliphatic heterocycles. The predicted octanol–water partition coefficient (Wildman–Crippen LogP) is 7.71. The fourth-order valence-corrected chi connectivity index (χ4v) is 4.43. The Morgan fingerprint density at radius 3 is 1.93 bits per heavy atom. The van der Waals surface area contributed by atoms with E-state index in [4.69, 9.17) is 0 Å². The fourth-order valence-electron chi connectivity index (χ4n) is 4.43. The van der Waals surface area contributed by atoms with E-state index >= 15 is 0 Å². The molecule has 0 atom stereocenters. The Balaban J connectivity index is 1.55. The molecule has 0 saturated carbocycles. The zero-order valence-electron chi connectivity index (χ0n) is 17.2. The van der Waals surface area contributed by atoms with Crippen molar-refractivity contribution in [2.45, 2.75) is 26.2 Å². The van der Waals surface area contributed by atoms with Crippen molar-refractivity contribution in [1.82, 2.24) is 0 Å². The quantitative estimate of drug-likeness (QED) is 0.386. The van der Waals surface area contributed by atoms with Crippen molar-refractivity contribution in [2.24, 2.45) is 0 Å². The average molecular weight is 376 g/mol. The summed E-state index contributed by atoms with van der Waals surface area (Å²) in [6.07, 6.45) is 0. The summed E-state index contributed by atoms with van der Waals surface area (Å²) < 4.78 is 0. The van der Waals surface area contributed by atoms with Crippen LogP contribution in [-0.2, 0) is 5.41 Å². The van der Waals surface area contributed by atoms with Gasteiger partial charge in [-0.05, 0) is 70.6 Å². The first-order valence-corrected chi connectivity index (χ1v) is 10.2. The maximum absolute atomic E-state index is 3.54. The van der Waals surface area contributed by atoms with Crippen molar-refractivity contribution in [3.63, 3.8) is 0 Å². The Morgan fingerprint density at radius 1 is 0.586 bits per heavy atom. The summed E-state index contributed by atoms with van der Waals surface area (Å²) in [6, 6.07) is 32.8. The van der Waals surface area contributed by atoms with Crippen molar-refractivity contribution in [3.8, 4) is 22.3 Å². The monoisotopic (exact) mass is 375 g/mol. The Morgan fingerprint density at radius 2 is 1.21 bits per heavy atom. The molecule has 0 saturated heterocycles. The number of aryl methyl sites for hydroxylation is 1. The molecule has 1 heteroatoms. The van der Waals surface area contributed by atoms with Gasteiger partial charge < -0.3 is 5.32 Å². The second-order valence-corrected chi connectivity index (χ2v) is 8.50. The van der Waals surface area contributed by atoms with Crippen LogP contribution in [0.4, 0.5) is 11.4 Å². The molecule has 0 radical (unpaired) electrons.